The zero-order valence-corrected chi connectivity index (χ0v) is 10.3. The van der Waals surface area contributed by atoms with E-state index < -0.39 is 0 Å². The van der Waals surface area contributed by atoms with Gasteiger partial charge in [-0.2, -0.15) is 0 Å². The second-order valence-corrected chi connectivity index (χ2v) is 5.44. The summed E-state index contributed by atoms with van der Waals surface area (Å²) in [6.45, 7) is 3.71. The molecule has 0 aliphatic carbocycles. The van der Waals surface area contributed by atoms with Crippen LogP contribution < -0.4 is 5.32 Å². The Kier molecular flexibility index (Phi) is 4.02. The lowest BCUT2D eigenvalue weighted by Crippen LogP contribution is -2.14. The van der Waals surface area contributed by atoms with Crippen molar-refractivity contribution in [2.75, 3.05) is 18.8 Å². The van der Waals surface area contributed by atoms with E-state index in [-0.39, 0.29) is 5.12 Å². The summed E-state index contributed by atoms with van der Waals surface area (Å²) in [5, 5.41) is 3.64. The predicted octanol–water partition coefficient (Wildman–Crippen LogP) is 2.27. The number of hydrogen-bond acceptors (Lipinski definition) is 3. The van der Waals surface area contributed by atoms with Gasteiger partial charge >= 0.3 is 0 Å². The normalized spacial score (nSPS) is 24.6. The van der Waals surface area contributed by atoms with Gasteiger partial charge in [-0.1, -0.05) is 42.1 Å². The van der Waals surface area contributed by atoms with Crippen molar-refractivity contribution in [2.45, 2.75) is 12.8 Å². The maximum Gasteiger partial charge on any atom is 0.185 e. The predicted molar refractivity (Wildman–Crippen MR) is 68.7 cm³/mol. The molecular weight excluding hydrogens is 218 g/mol. The van der Waals surface area contributed by atoms with Gasteiger partial charge in [0, 0.05) is 25.1 Å². The Hall–Kier alpha value is -0.800. The fourth-order valence-electron chi connectivity index (χ4n) is 2.22. The molecule has 0 bridgehead atoms. The summed E-state index contributed by atoms with van der Waals surface area (Å²) in [5.41, 5.74) is 1.39. The summed E-state index contributed by atoms with van der Waals surface area (Å²) in [5.74, 6) is 2.08. The molecule has 1 heterocycles. The van der Waals surface area contributed by atoms with E-state index in [2.05, 4.69) is 29.6 Å². The number of carbonyl (C=O) groups is 1. The van der Waals surface area contributed by atoms with E-state index in [9.17, 15) is 4.79 Å². The summed E-state index contributed by atoms with van der Waals surface area (Å²) < 4.78 is 0. The molecule has 3 heteroatoms. The molecule has 86 valence electrons. The monoisotopic (exact) mass is 235 g/mol. The van der Waals surface area contributed by atoms with E-state index in [1.54, 1.807) is 6.92 Å². The summed E-state index contributed by atoms with van der Waals surface area (Å²) in [4.78, 5) is 11.0. The van der Waals surface area contributed by atoms with Crippen LogP contribution in [0.5, 0.6) is 0 Å². The molecule has 0 aromatic heterocycles. The van der Waals surface area contributed by atoms with Crippen LogP contribution in [0.4, 0.5) is 0 Å². The maximum absolute atomic E-state index is 11.0. The first-order valence-corrected chi connectivity index (χ1v) is 6.65. The van der Waals surface area contributed by atoms with Crippen molar-refractivity contribution in [3.8, 4) is 0 Å². The molecule has 16 heavy (non-hydrogen) atoms. The minimum Gasteiger partial charge on any atom is -0.316 e. The summed E-state index contributed by atoms with van der Waals surface area (Å²) in [7, 11) is 0. The molecule has 0 radical (unpaired) electrons. The molecule has 0 spiro atoms. The molecule has 2 rings (SSSR count). The number of nitrogens with one attached hydrogen (secondary N) is 1. The molecule has 2 nitrogen and oxygen atoms in total. The van der Waals surface area contributed by atoms with Crippen LogP contribution in [-0.2, 0) is 4.79 Å². The van der Waals surface area contributed by atoms with E-state index in [0.717, 1.165) is 18.8 Å². The summed E-state index contributed by atoms with van der Waals surface area (Å²) in [6, 6.07) is 10.6. The van der Waals surface area contributed by atoms with Gasteiger partial charge in [0.15, 0.2) is 5.12 Å². The van der Waals surface area contributed by atoms with Crippen molar-refractivity contribution in [1.82, 2.24) is 5.32 Å². The van der Waals surface area contributed by atoms with Crippen LogP contribution in [0.1, 0.15) is 18.4 Å². The van der Waals surface area contributed by atoms with Gasteiger partial charge in [-0.05, 0) is 18.0 Å². The van der Waals surface area contributed by atoms with Gasteiger partial charge in [0.1, 0.15) is 0 Å². The van der Waals surface area contributed by atoms with Crippen LogP contribution >= 0.6 is 11.8 Å². The van der Waals surface area contributed by atoms with Gasteiger partial charge in [0.25, 0.3) is 0 Å². The molecule has 2 atom stereocenters. The molecule has 1 aromatic rings. The van der Waals surface area contributed by atoms with Gasteiger partial charge in [-0.3, -0.25) is 4.79 Å². The third-order valence-electron chi connectivity index (χ3n) is 3.07. The summed E-state index contributed by atoms with van der Waals surface area (Å²) in [6.07, 6.45) is 0. The minimum absolute atomic E-state index is 0.221. The molecule has 1 saturated heterocycles. The highest BCUT2D eigenvalue weighted by atomic mass is 32.2. The number of benzene rings is 1. The van der Waals surface area contributed by atoms with Crippen LogP contribution in [0.3, 0.4) is 0 Å². The number of rotatable bonds is 3. The lowest BCUT2D eigenvalue weighted by atomic mass is 9.90. The second-order valence-electron chi connectivity index (χ2n) is 4.24. The first kappa shape index (κ1) is 11.7. The number of carbonyl (C=O) groups excluding carboxylic acids is 1. The average Bonchev–Trinajstić information content (AvgIpc) is 2.75. The zero-order valence-electron chi connectivity index (χ0n) is 9.48. The van der Waals surface area contributed by atoms with Gasteiger partial charge in [0.2, 0.25) is 0 Å². The van der Waals surface area contributed by atoms with Crippen molar-refractivity contribution in [1.29, 1.82) is 0 Å². The van der Waals surface area contributed by atoms with E-state index >= 15 is 0 Å². The molecular formula is C13H17NOS. The van der Waals surface area contributed by atoms with E-state index in [4.69, 9.17) is 0 Å². The lowest BCUT2D eigenvalue weighted by Gasteiger charge is -2.17. The van der Waals surface area contributed by atoms with E-state index in [0.29, 0.717) is 11.8 Å². The smallest absolute Gasteiger partial charge is 0.185 e. The second kappa shape index (κ2) is 5.51. The van der Waals surface area contributed by atoms with Crippen LogP contribution in [0.15, 0.2) is 30.3 Å². The Morgan fingerprint density at radius 2 is 2.12 bits per heavy atom. The Balaban J connectivity index is 2.01. The molecule has 1 aliphatic rings. The minimum atomic E-state index is 0.221. The van der Waals surface area contributed by atoms with Gasteiger partial charge in [-0.25, -0.2) is 0 Å². The average molecular weight is 235 g/mol. The van der Waals surface area contributed by atoms with Gasteiger partial charge < -0.3 is 5.32 Å². The van der Waals surface area contributed by atoms with Crippen molar-refractivity contribution >= 4 is 16.9 Å². The number of hydrogen-bond donors (Lipinski definition) is 1. The highest BCUT2D eigenvalue weighted by Crippen LogP contribution is 2.30. The highest BCUT2D eigenvalue weighted by molar-refractivity contribution is 8.13. The molecule has 0 amide bonds. The molecule has 1 N–H and O–H groups in total. The SMILES string of the molecule is CC(=O)SCC1CNCC1c1ccccc1. The molecule has 1 aromatic carbocycles. The Morgan fingerprint density at radius 1 is 1.38 bits per heavy atom. The Labute approximate surface area is 101 Å². The van der Waals surface area contributed by atoms with Gasteiger partial charge in [-0.15, -0.1) is 0 Å². The van der Waals surface area contributed by atoms with Crippen molar-refractivity contribution in [2.24, 2.45) is 5.92 Å². The maximum atomic E-state index is 11.0. The van der Waals surface area contributed by atoms with Crippen molar-refractivity contribution in [3.63, 3.8) is 0 Å². The quantitative estimate of drug-likeness (QED) is 0.871. The van der Waals surface area contributed by atoms with Crippen molar-refractivity contribution in [3.05, 3.63) is 35.9 Å². The van der Waals surface area contributed by atoms with Crippen LogP contribution in [0.25, 0.3) is 0 Å². The molecule has 1 fully saturated rings. The van der Waals surface area contributed by atoms with Gasteiger partial charge in [0.05, 0.1) is 0 Å². The molecule has 2 unspecified atom stereocenters. The largest absolute Gasteiger partial charge is 0.316 e. The first-order chi connectivity index (χ1) is 7.77. The fraction of sp³-hybridized carbons (Fsp3) is 0.462. The Bertz CT molecular complexity index is 352. The first-order valence-electron chi connectivity index (χ1n) is 5.66. The lowest BCUT2D eigenvalue weighted by molar-refractivity contribution is -0.109. The zero-order chi connectivity index (χ0) is 11.4. The van der Waals surface area contributed by atoms with Crippen LogP contribution in [0.2, 0.25) is 0 Å². The van der Waals surface area contributed by atoms with E-state index in [1.165, 1.54) is 17.3 Å². The van der Waals surface area contributed by atoms with Crippen molar-refractivity contribution < 1.29 is 4.79 Å². The number of thioether (sulfide) groups is 1. The third kappa shape index (κ3) is 2.86. The molecule has 0 saturated carbocycles. The summed E-state index contributed by atoms with van der Waals surface area (Å²) >= 11 is 1.45. The van der Waals surface area contributed by atoms with E-state index in [1.807, 2.05) is 6.07 Å². The fourth-order valence-corrected chi connectivity index (χ4v) is 3.02. The Morgan fingerprint density at radius 3 is 2.81 bits per heavy atom. The topological polar surface area (TPSA) is 29.1 Å². The molecule has 1 aliphatic heterocycles. The van der Waals surface area contributed by atoms with Crippen LogP contribution in [-0.4, -0.2) is 24.0 Å². The standard InChI is InChI=1S/C13H17NOS/c1-10(15)16-9-12-7-14-8-13(12)11-5-3-2-4-6-11/h2-6,12-14H,7-9H2,1H3. The highest BCUT2D eigenvalue weighted by Gasteiger charge is 2.28. The third-order valence-corrected chi connectivity index (χ3v) is 4.07. The van der Waals surface area contributed by atoms with Crippen LogP contribution in [0, 0.1) is 5.92 Å².